The fourth-order valence-corrected chi connectivity index (χ4v) is 3.59. The summed E-state index contributed by atoms with van der Waals surface area (Å²) in [6.45, 7) is 5.84. The molecule has 3 aromatic rings. The SMILES string of the molecule is CCN1CC[C@@H](C)N(C(=O)Nc2cnccn2)c2nc(-c3ccnn3C)ccc21. The second kappa shape index (κ2) is 7.86. The molecule has 1 aliphatic rings. The van der Waals surface area contributed by atoms with Gasteiger partial charge in [-0.2, -0.15) is 5.10 Å². The number of hydrogen-bond donors (Lipinski definition) is 1. The third kappa shape index (κ3) is 3.63. The summed E-state index contributed by atoms with van der Waals surface area (Å²) in [5, 5.41) is 7.08. The van der Waals surface area contributed by atoms with E-state index < -0.39 is 0 Å². The van der Waals surface area contributed by atoms with Gasteiger partial charge in [0.1, 0.15) is 0 Å². The van der Waals surface area contributed by atoms with Crippen LogP contribution in [0.5, 0.6) is 0 Å². The predicted molar refractivity (Wildman–Crippen MR) is 112 cm³/mol. The Morgan fingerprint density at radius 1 is 1.24 bits per heavy atom. The molecule has 0 bridgehead atoms. The van der Waals surface area contributed by atoms with E-state index in [0.29, 0.717) is 11.6 Å². The van der Waals surface area contributed by atoms with Crippen LogP contribution in [-0.2, 0) is 7.05 Å². The number of nitrogens with one attached hydrogen (secondary N) is 1. The lowest BCUT2D eigenvalue weighted by atomic mass is 10.2. The Bertz CT molecular complexity index is 1000. The van der Waals surface area contributed by atoms with Crippen LogP contribution in [0.3, 0.4) is 0 Å². The molecule has 0 radical (unpaired) electrons. The molecule has 1 N–H and O–H groups in total. The fraction of sp³-hybridized carbons (Fsp3) is 0.350. The molecule has 9 heteroatoms. The van der Waals surface area contributed by atoms with Crippen molar-refractivity contribution in [1.29, 1.82) is 0 Å². The Morgan fingerprint density at radius 2 is 2.10 bits per heavy atom. The number of amides is 2. The van der Waals surface area contributed by atoms with Crippen molar-refractivity contribution < 1.29 is 4.79 Å². The van der Waals surface area contributed by atoms with Gasteiger partial charge in [0.2, 0.25) is 0 Å². The van der Waals surface area contributed by atoms with E-state index in [-0.39, 0.29) is 12.1 Å². The first kappa shape index (κ1) is 18.9. The van der Waals surface area contributed by atoms with Crippen LogP contribution in [0.2, 0.25) is 0 Å². The minimum atomic E-state index is -0.271. The minimum Gasteiger partial charge on any atom is -0.369 e. The Morgan fingerprint density at radius 3 is 2.79 bits per heavy atom. The number of nitrogens with zero attached hydrogens (tertiary/aromatic N) is 7. The van der Waals surface area contributed by atoms with Crippen molar-refractivity contribution in [3.63, 3.8) is 0 Å². The highest BCUT2D eigenvalue weighted by atomic mass is 16.2. The number of rotatable bonds is 3. The summed E-state index contributed by atoms with van der Waals surface area (Å²) in [5.74, 6) is 1.04. The van der Waals surface area contributed by atoms with E-state index in [2.05, 4.69) is 32.2 Å². The number of carbonyl (C=O) groups excluding carboxylic acids is 1. The number of hydrogen-bond acceptors (Lipinski definition) is 6. The van der Waals surface area contributed by atoms with Crippen LogP contribution in [-0.4, -0.2) is 49.9 Å². The zero-order valence-electron chi connectivity index (χ0n) is 16.8. The molecule has 1 aliphatic heterocycles. The van der Waals surface area contributed by atoms with Gasteiger partial charge in [0.25, 0.3) is 0 Å². The van der Waals surface area contributed by atoms with Gasteiger partial charge in [-0.1, -0.05) is 0 Å². The molecule has 0 aromatic carbocycles. The molecule has 0 saturated heterocycles. The lowest BCUT2D eigenvalue weighted by Gasteiger charge is -2.28. The minimum absolute atomic E-state index is 0.0312. The molecule has 0 fully saturated rings. The van der Waals surface area contributed by atoms with Crippen LogP contribution in [0.15, 0.2) is 43.0 Å². The molecule has 0 unspecified atom stereocenters. The van der Waals surface area contributed by atoms with Gasteiger partial charge in [0.05, 0.1) is 23.3 Å². The van der Waals surface area contributed by atoms with E-state index in [4.69, 9.17) is 4.98 Å². The highest BCUT2D eigenvalue weighted by molar-refractivity contribution is 6.03. The van der Waals surface area contributed by atoms with E-state index in [0.717, 1.165) is 36.6 Å². The van der Waals surface area contributed by atoms with Crippen molar-refractivity contribution in [3.8, 4) is 11.4 Å². The molecule has 29 heavy (non-hydrogen) atoms. The number of carbonyl (C=O) groups is 1. The molecule has 0 saturated carbocycles. The number of urea groups is 1. The number of aryl methyl sites for hydroxylation is 1. The smallest absolute Gasteiger partial charge is 0.329 e. The van der Waals surface area contributed by atoms with E-state index in [1.165, 1.54) is 6.20 Å². The number of aromatic nitrogens is 5. The number of fused-ring (bicyclic) bond motifs is 1. The Labute approximate surface area is 169 Å². The summed E-state index contributed by atoms with van der Waals surface area (Å²) in [5.41, 5.74) is 2.60. The molecule has 4 rings (SSSR count). The highest BCUT2D eigenvalue weighted by Gasteiger charge is 2.31. The predicted octanol–water partition coefficient (Wildman–Crippen LogP) is 2.93. The van der Waals surface area contributed by atoms with Crippen molar-refractivity contribution in [2.45, 2.75) is 26.3 Å². The van der Waals surface area contributed by atoms with Crippen LogP contribution in [0, 0.1) is 0 Å². The van der Waals surface area contributed by atoms with Gasteiger partial charge < -0.3 is 4.90 Å². The standard InChI is InChI=1S/C20H24N8O/c1-4-27-12-8-14(2)28(20(29)25-18-13-21-10-11-22-18)19-17(27)6-5-15(24-19)16-7-9-23-26(16)3/h5-7,9-11,13-14H,4,8,12H2,1-3H3,(H,22,25,29)/t14-/m1/s1. The normalized spacial score (nSPS) is 16.3. The van der Waals surface area contributed by atoms with Crippen LogP contribution in [0.25, 0.3) is 11.4 Å². The maximum atomic E-state index is 13.2. The summed E-state index contributed by atoms with van der Waals surface area (Å²) in [4.78, 5) is 30.3. The third-order valence-electron chi connectivity index (χ3n) is 5.16. The number of pyridine rings is 1. The van der Waals surface area contributed by atoms with Crippen molar-refractivity contribution >= 4 is 23.4 Å². The van der Waals surface area contributed by atoms with Gasteiger partial charge in [-0.15, -0.1) is 0 Å². The van der Waals surface area contributed by atoms with Gasteiger partial charge in [-0.3, -0.25) is 19.9 Å². The summed E-state index contributed by atoms with van der Waals surface area (Å²) < 4.78 is 1.77. The lowest BCUT2D eigenvalue weighted by Crippen LogP contribution is -2.42. The molecule has 4 heterocycles. The second-order valence-corrected chi connectivity index (χ2v) is 6.99. The summed E-state index contributed by atoms with van der Waals surface area (Å²) in [7, 11) is 1.88. The monoisotopic (exact) mass is 392 g/mol. The van der Waals surface area contributed by atoms with Gasteiger partial charge in [0.15, 0.2) is 11.6 Å². The maximum Gasteiger partial charge on any atom is 0.329 e. The van der Waals surface area contributed by atoms with Gasteiger partial charge in [-0.25, -0.2) is 14.8 Å². The molecule has 1 atom stereocenters. The summed E-state index contributed by atoms with van der Waals surface area (Å²) >= 11 is 0. The Hall–Kier alpha value is -3.49. The molecule has 0 aliphatic carbocycles. The molecule has 9 nitrogen and oxygen atoms in total. The zero-order chi connectivity index (χ0) is 20.4. The Kier molecular flexibility index (Phi) is 5.11. The van der Waals surface area contributed by atoms with Crippen LogP contribution in [0.4, 0.5) is 22.1 Å². The fourth-order valence-electron chi connectivity index (χ4n) is 3.59. The van der Waals surface area contributed by atoms with E-state index in [1.807, 2.05) is 32.2 Å². The van der Waals surface area contributed by atoms with Crippen LogP contribution < -0.4 is 15.1 Å². The second-order valence-electron chi connectivity index (χ2n) is 6.99. The van der Waals surface area contributed by atoms with Crippen LogP contribution in [0.1, 0.15) is 20.3 Å². The Balaban J connectivity index is 1.78. The lowest BCUT2D eigenvalue weighted by molar-refractivity contribution is 0.255. The molecule has 150 valence electrons. The van der Waals surface area contributed by atoms with Gasteiger partial charge in [0, 0.05) is 44.8 Å². The van der Waals surface area contributed by atoms with Crippen LogP contribution >= 0.6 is 0 Å². The highest BCUT2D eigenvalue weighted by Crippen LogP contribution is 2.35. The molecule has 2 amide bonds. The molecule has 3 aromatic heterocycles. The molecular formula is C20H24N8O. The zero-order valence-corrected chi connectivity index (χ0v) is 16.8. The van der Waals surface area contributed by atoms with Crippen molar-refractivity contribution in [2.75, 3.05) is 28.2 Å². The largest absolute Gasteiger partial charge is 0.369 e. The van der Waals surface area contributed by atoms with E-state index >= 15 is 0 Å². The topological polar surface area (TPSA) is 92.1 Å². The summed E-state index contributed by atoms with van der Waals surface area (Å²) in [6, 6.07) is 5.63. The molecular weight excluding hydrogens is 368 g/mol. The van der Waals surface area contributed by atoms with E-state index in [1.54, 1.807) is 28.2 Å². The average Bonchev–Trinajstić information content (AvgIpc) is 3.09. The first-order valence-corrected chi connectivity index (χ1v) is 9.69. The first-order valence-electron chi connectivity index (χ1n) is 9.69. The quantitative estimate of drug-likeness (QED) is 0.737. The van der Waals surface area contributed by atoms with Gasteiger partial charge >= 0.3 is 6.03 Å². The van der Waals surface area contributed by atoms with Crippen molar-refractivity contribution in [3.05, 3.63) is 43.0 Å². The van der Waals surface area contributed by atoms with E-state index in [9.17, 15) is 4.79 Å². The first-order chi connectivity index (χ1) is 14.1. The molecule has 0 spiro atoms. The third-order valence-corrected chi connectivity index (χ3v) is 5.16. The summed E-state index contributed by atoms with van der Waals surface area (Å²) in [6.07, 6.45) is 7.22. The number of anilines is 3. The average molecular weight is 392 g/mol. The van der Waals surface area contributed by atoms with Gasteiger partial charge in [-0.05, 0) is 38.5 Å². The maximum absolute atomic E-state index is 13.2. The van der Waals surface area contributed by atoms with Crippen molar-refractivity contribution in [1.82, 2.24) is 24.7 Å². The van der Waals surface area contributed by atoms with Crippen molar-refractivity contribution in [2.24, 2.45) is 7.05 Å².